The summed E-state index contributed by atoms with van der Waals surface area (Å²) in [4.78, 5) is 3.99. The van der Waals surface area contributed by atoms with E-state index >= 15 is 0 Å². The van der Waals surface area contributed by atoms with Crippen LogP contribution >= 0.6 is 0 Å². The number of aromatic nitrogens is 1. The predicted molar refractivity (Wildman–Crippen MR) is 65.8 cm³/mol. The van der Waals surface area contributed by atoms with Gasteiger partial charge in [-0.1, -0.05) is 6.07 Å². The van der Waals surface area contributed by atoms with Gasteiger partial charge in [-0.05, 0) is 13.0 Å². The van der Waals surface area contributed by atoms with E-state index < -0.39 is 0 Å². The minimum absolute atomic E-state index is 0.0796. The molecule has 1 N–H and O–H groups in total. The fraction of sp³-hybridized carbons (Fsp3) is 0.538. The van der Waals surface area contributed by atoms with Crippen molar-refractivity contribution in [2.24, 2.45) is 0 Å². The molecular weight excluding hydrogens is 230 g/mol. The molecule has 2 atom stereocenters. The Morgan fingerprint density at radius 1 is 1.61 bits per heavy atom. The molecule has 1 fully saturated rings. The zero-order chi connectivity index (χ0) is 12.8. The number of pyridine rings is 1. The topological polar surface area (TPSA) is 67.2 Å². The van der Waals surface area contributed by atoms with Gasteiger partial charge in [0, 0.05) is 24.8 Å². The molecule has 0 radical (unpaired) electrons. The fourth-order valence-electron chi connectivity index (χ4n) is 1.93. The van der Waals surface area contributed by atoms with Crippen LogP contribution in [-0.2, 0) is 16.1 Å². The molecule has 0 aliphatic carbocycles. The highest BCUT2D eigenvalue weighted by Gasteiger charge is 2.18. The molecule has 18 heavy (non-hydrogen) atoms. The zero-order valence-corrected chi connectivity index (χ0v) is 10.4. The number of morpholine rings is 1. The highest BCUT2D eigenvalue weighted by Crippen LogP contribution is 2.08. The maximum Gasteiger partial charge on any atom is 0.145 e. The highest BCUT2D eigenvalue weighted by molar-refractivity contribution is 5.29. The third-order valence-electron chi connectivity index (χ3n) is 2.79. The second-order valence-corrected chi connectivity index (χ2v) is 4.37. The van der Waals surface area contributed by atoms with Crippen LogP contribution in [0, 0.1) is 11.3 Å². The van der Waals surface area contributed by atoms with Crippen molar-refractivity contribution < 1.29 is 9.47 Å². The summed E-state index contributed by atoms with van der Waals surface area (Å²) in [7, 11) is 0. The number of nitrogens with zero attached hydrogens (tertiary/aromatic N) is 2. The van der Waals surface area contributed by atoms with Crippen molar-refractivity contribution in [1.82, 2.24) is 10.3 Å². The molecule has 1 aromatic rings. The Kier molecular flexibility index (Phi) is 4.65. The van der Waals surface area contributed by atoms with Crippen molar-refractivity contribution in [3.05, 3.63) is 29.6 Å². The standard InChI is InChI=1S/C13H17N3O2/c1-10-6-15-7-12(18-10)9-17-8-11-3-2-4-16-13(11)5-14/h2-4,10,12,15H,6-9H2,1H3. The third kappa shape index (κ3) is 3.50. The van der Waals surface area contributed by atoms with Gasteiger partial charge >= 0.3 is 0 Å². The van der Waals surface area contributed by atoms with Gasteiger partial charge in [-0.15, -0.1) is 0 Å². The first-order valence-electron chi connectivity index (χ1n) is 6.07. The van der Waals surface area contributed by atoms with E-state index in [-0.39, 0.29) is 12.2 Å². The quantitative estimate of drug-likeness (QED) is 0.854. The van der Waals surface area contributed by atoms with Gasteiger partial charge in [0.05, 0.1) is 25.4 Å². The molecule has 2 unspecified atom stereocenters. The summed E-state index contributed by atoms with van der Waals surface area (Å²) in [5, 5.41) is 12.2. The lowest BCUT2D eigenvalue weighted by atomic mass is 10.2. The third-order valence-corrected chi connectivity index (χ3v) is 2.79. The maximum atomic E-state index is 8.90. The molecular formula is C13H17N3O2. The van der Waals surface area contributed by atoms with E-state index in [1.165, 1.54) is 0 Å². The summed E-state index contributed by atoms with van der Waals surface area (Å²) in [6.45, 7) is 4.65. The van der Waals surface area contributed by atoms with Gasteiger partial charge in [-0.25, -0.2) is 4.98 Å². The van der Waals surface area contributed by atoms with E-state index in [9.17, 15) is 0 Å². The molecule has 1 saturated heterocycles. The average Bonchev–Trinajstić information content (AvgIpc) is 2.39. The van der Waals surface area contributed by atoms with E-state index in [1.807, 2.05) is 13.0 Å². The summed E-state index contributed by atoms with van der Waals surface area (Å²) in [6.07, 6.45) is 1.91. The molecule has 2 heterocycles. The number of rotatable bonds is 4. The first-order chi connectivity index (χ1) is 8.79. The smallest absolute Gasteiger partial charge is 0.145 e. The van der Waals surface area contributed by atoms with Gasteiger partial charge in [0.25, 0.3) is 0 Å². The Balaban J connectivity index is 1.80. The van der Waals surface area contributed by atoms with Crippen LogP contribution in [0.4, 0.5) is 0 Å². The molecule has 0 saturated carbocycles. The SMILES string of the molecule is CC1CNCC(COCc2cccnc2C#N)O1. The Labute approximate surface area is 107 Å². The van der Waals surface area contributed by atoms with Gasteiger partial charge in [-0.3, -0.25) is 0 Å². The molecule has 5 heteroatoms. The van der Waals surface area contributed by atoms with E-state index in [2.05, 4.69) is 16.4 Å². The van der Waals surface area contributed by atoms with Crippen molar-refractivity contribution in [3.63, 3.8) is 0 Å². The molecule has 0 bridgehead atoms. The average molecular weight is 247 g/mol. The summed E-state index contributed by atoms with van der Waals surface area (Å²) < 4.78 is 11.3. The second-order valence-electron chi connectivity index (χ2n) is 4.37. The highest BCUT2D eigenvalue weighted by atomic mass is 16.5. The Morgan fingerprint density at radius 2 is 2.50 bits per heavy atom. The summed E-state index contributed by atoms with van der Waals surface area (Å²) in [5.41, 5.74) is 1.24. The van der Waals surface area contributed by atoms with Gasteiger partial charge in [-0.2, -0.15) is 5.26 Å². The van der Waals surface area contributed by atoms with Crippen molar-refractivity contribution in [1.29, 1.82) is 5.26 Å². The lowest BCUT2D eigenvalue weighted by molar-refractivity contribution is -0.0716. The molecule has 1 aromatic heterocycles. The number of hydrogen-bond donors (Lipinski definition) is 1. The van der Waals surface area contributed by atoms with Crippen LogP contribution in [-0.4, -0.2) is 36.9 Å². The van der Waals surface area contributed by atoms with E-state index in [1.54, 1.807) is 12.3 Å². The predicted octanol–water partition coefficient (Wildman–Crippen LogP) is 0.847. The maximum absolute atomic E-state index is 8.90. The van der Waals surface area contributed by atoms with Crippen molar-refractivity contribution >= 4 is 0 Å². The second kappa shape index (κ2) is 6.45. The van der Waals surface area contributed by atoms with Crippen LogP contribution in [0.2, 0.25) is 0 Å². The van der Waals surface area contributed by atoms with Gasteiger partial charge < -0.3 is 14.8 Å². The number of nitriles is 1. The molecule has 0 aromatic carbocycles. The molecule has 96 valence electrons. The van der Waals surface area contributed by atoms with Crippen molar-refractivity contribution in [2.75, 3.05) is 19.7 Å². The van der Waals surface area contributed by atoms with Gasteiger partial charge in [0.2, 0.25) is 0 Å². The molecule has 1 aliphatic heterocycles. The first-order valence-corrected chi connectivity index (χ1v) is 6.07. The van der Waals surface area contributed by atoms with Crippen LogP contribution in [0.15, 0.2) is 18.3 Å². The molecule has 5 nitrogen and oxygen atoms in total. The van der Waals surface area contributed by atoms with Crippen LogP contribution in [0.1, 0.15) is 18.2 Å². The summed E-state index contributed by atoms with van der Waals surface area (Å²) in [6, 6.07) is 5.72. The van der Waals surface area contributed by atoms with E-state index in [0.717, 1.165) is 18.7 Å². The lowest BCUT2D eigenvalue weighted by Gasteiger charge is -2.28. The van der Waals surface area contributed by atoms with Crippen molar-refractivity contribution in [3.8, 4) is 6.07 Å². The first kappa shape index (κ1) is 13.0. The van der Waals surface area contributed by atoms with Crippen molar-refractivity contribution in [2.45, 2.75) is 25.7 Å². The molecule has 0 amide bonds. The normalized spacial score (nSPS) is 23.6. The lowest BCUT2D eigenvalue weighted by Crippen LogP contribution is -2.45. The van der Waals surface area contributed by atoms with E-state index in [0.29, 0.717) is 18.9 Å². The number of nitrogens with one attached hydrogen (secondary N) is 1. The van der Waals surface area contributed by atoms with Crippen LogP contribution in [0.3, 0.4) is 0 Å². The Bertz CT molecular complexity index is 430. The zero-order valence-electron chi connectivity index (χ0n) is 10.4. The van der Waals surface area contributed by atoms with Crippen LogP contribution < -0.4 is 5.32 Å². The summed E-state index contributed by atoms with van der Waals surface area (Å²) >= 11 is 0. The van der Waals surface area contributed by atoms with Crippen LogP contribution in [0.5, 0.6) is 0 Å². The fourth-order valence-corrected chi connectivity index (χ4v) is 1.93. The molecule has 2 rings (SSSR count). The Morgan fingerprint density at radius 3 is 3.28 bits per heavy atom. The minimum Gasteiger partial charge on any atom is -0.374 e. The monoisotopic (exact) mass is 247 g/mol. The van der Waals surface area contributed by atoms with Crippen LogP contribution in [0.25, 0.3) is 0 Å². The largest absolute Gasteiger partial charge is 0.374 e. The minimum atomic E-state index is 0.0796. The molecule has 0 spiro atoms. The van der Waals surface area contributed by atoms with E-state index in [4.69, 9.17) is 14.7 Å². The number of ether oxygens (including phenoxy) is 2. The summed E-state index contributed by atoms with van der Waals surface area (Å²) in [5.74, 6) is 0. The Hall–Kier alpha value is -1.48. The molecule has 1 aliphatic rings. The number of hydrogen-bond acceptors (Lipinski definition) is 5. The van der Waals surface area contributed by atoms with Gasteiger partial charge in [0.1, 0.15) is 11.8 Å². The van der Waals surface area contributed by atoms with Gasteiger partial charge in [0.15, 0.2) is 0 Å².